The van der Waals surface area contributed by atoms with Crippen LogP contribution >= 0.6 is 0 Å². The smallest absolute Gasteiger partial charge is 0.231 e. The average molecular weight is 512 g/mol. The summed E-state index contributed by atoms with van der Waals surface area (Å²) >= 11 is 0. The fourth-order valence-electron chi connectivity index (χ4n) is 4.24. The summed E-state index contributed by atoms with van der Waals surface area (Å²) in [4.78, 5) is 2.21. The van der Waals surface area contributed by atoms with Crippen molar-refractivity contribution in [1.29, 1.82) is 0 Å². The van der Waals surface area contributed by atoms with Crippen molar-refractivity contribution in [1.82, 2.24) is 0 Å². The van der Waals surface area contributed by atoms with Crippen LogP contribution in [0.25, 0.3) is 6.08 Å². The van der Waals surface area contributed by atoms with Gasteiger partial charge in [-0.25, -0.2) is 0 Å². The molecule has 2 aromatic rings. The van der Waals surface area contributed by atoms with Gasteiger partial charge in [-0.05, 0) is 35.8 Å². The molecule has 0 N–H and O–H groups in total. The minimum Gasteiger partial charge on any atom is -0.493 e. The molecule has 36 heavy (non-hydrogen) atoms. The molecule has 194 valence electrons. The Balaban J connectivity index is 1.86. The van der Waals surface area contributed by atoms with Gasteiger partial charge in [0.1, 0.15) is 0 Å². The molecule has 2 aromatic carbocycles. The minimum absolute atomic E-state index is 0.103. The Morgan fingerprint density at radius 3 is 2.14 bits per heavy atom. The summed E-state index contributed by atoms with van der Waals surface area (Å²) in [6, 6.07) is 7.77. The van der Waals surface area contributed by atoms with Gasteiger partial charge < -0.3 is 33.0 Å². The average Bonchev–Trinajstić information content (AvgIpc) is 3.30. The van der Waals surface area contributed by atoms with Crippen molar-refractivity contribution in [3.8, 4) is 28.7 Å². The molecule has 1 atom stereocenters. The zero-order valence-electron chi connectivity index (χ0n) is 22.6. The molecule has 0 bridgehead atoms. The Labute approximate surface area is 215 Å². The molecule has 0 saturated heterocycles. The van der Waals surface area contributed by atoms with E-state index in [2.05, 4.69) is 51.4 Å². The van der Waals surface area contributed by atoms with Gasteiger partial charge in [0.2, 0.25) is 12.5 Å². The maximum atomic E-state index is 6.65. The lowest BCUT2D eigenvalue weighted by molar-refractivity contribution is 0.174. The molecule has 0 aliphatic carbocycles. The topological polar surface area (TPSA) is 58.6 Å². The minimum atomic E-state index is -1.98. The fraction of sp³-hybridized carbons (Fsp3) is 0.429. The Bertz CT molecular complexity index is 1160. The quantitative estimate of drug-likeness (QED) is 0.294. The van der Waals surface area contributed by atoms with Crippen LogP contribution in [0, 0.1) is 0 Å². The van der Waals surface area contributed by atoms with Gasteiger partial charge in [-0.3, -0.25) is 0 Å². The molecule has 8 heteroatoms. The van der Waals surface area contributed by atoms with Gasteiger partial charge in [0.05, 0.1) is 39.7 Å². The van der Waals surface area contributed by atoms with Crippen LogP contribution in [0.3, 0.4) is 0 Å². The first kappa shape index (κ1) is 26.0. The van der Waals surface area contributed by atoms with E-state index < -0.39 is 8.32 Å². The number of methoxy groups -OCH3 is 3. The largest absolute Gasteiger partial charge is 0.493 e. The lowest BCUT2D eigenvalue weighted by Gasteiger charge is -2.41. The van der Waals surface area contributed by atoms with E-state index in [0.717, 1.165) is 28.3 Å². The highest BCUT2D eigenvalue weighted by Crippen LogP contribution is 2.49. The van der Waals surface area contributed by atoms with Gasteiger partial charge in [-0.15, -0.1) is 6.58 Å². The molecular formula is C28H37NO6Si. The molecule has 2 aliphatic heterocycles. The highest BCUT2D eigenvalue weighted by atomic mass is 28.4. The summed E-state index contributed by atoms with van der Waals surface area (Å²) in [7, 11) is 2.86. The molecule has 0 aromatic heterocycles. The maximum absolute atomic E-state index is 6.65. The van der Waals surface area contributed by atoms with Crippen molar-refractivity contribution in [3.05, 3.63) is 48.1 Å². The van der Waals surface area contributed by atoms with Gasteiger partial charge in [0.25, 0.3) is 0 Å². The zero-order valence-corrected chi connectivity index (χ0v) is 23.6. The number of ether oxygens (including phenoxy) is 5. The van der Waals surface area contributed by atoms with E-state index in [1.165, 1.54) is 0 Å². The van der Waals surface area contributed by atoms with Gasteiger partial charge in [-0.2, -0.15) is 0 Å². The first-order valence-electron chi connectivity index (χ1n) is 12.0. The van der Waals surface area contributed by atoms with Crippen molar-refractivity contribution < 1.29 is 28.1 Å². The van der Waals surface area contributed by atoms with Crippen molar-refractivity contribution in [2.45, 2.75) is 44.9 Å². The maximum Gasteiger partial charge on any atom is 0.231 e. The van der Waals surface area contributed by atoms with E-state index in [1.807, 2.05) is 30.3 Å². The summed E-state index contributed by atoms with van der Waals surface area (Å²) in [5.41, 5.74) is 3.96. The number of benzene rings is 2. The number of hydrogen-bond acceptors (Lipinski definition) is 7. The molecule has 0 fully saturated rings. The summed E-state index contributed by atoms with van der Waals surface area (Å²) in [5.74, 6) is 3.13. The number of hydrogen-bond donors (Lipinski definition) is 0. The number of anilines is 2. The van der Waals surface area contributed by atoms with Crippen LogP contribution in [0.1, 0.15) is 26.3 Å². The third-order valence-corrected chi connectivity index (χ3v) is 11.8. The van der Waals surface area contributed by atoms with E-state index in [9.17, 15) is 0 Å². The second-order valence-electron chi connectivity index (χ2n) is 10.5. The van der Waals surface area contributed by atoms with E-state index >= 15 is 0 Å². The van der Waals surface area contributed by atoms with Crippen molar-refractivity contribution in [3.63, 3.8) is 0 Å². The predicted molar refractivity (Wildman–Crippen MR) is 146 cm³/mol. The van der Waals surface area contributed by atoms with Crippen LogP contribution in [0.2, 0.25) is 18.1 Å². The van der Waals surface area contributed by atoms with Crippen LogP contribution in [-0.2, 0) is 4.43 Å². The fourth-order valence-corrected chi connectivity index (χ4v) is 5.20. The zero-order chi connectivity index (χ0) is 26.3. The number of fused-ring (bicyclic) bond motifs is 2. The molecular weight excluding hydrogens is 474 g/mol. The van der Waals surface area contributed by atoms with E-state index in [1.54, 1.807) is 21.3 Å². The summed E-state index contributed by atoms with van der Waals surface area (Å²) in [6.07, 6.45) is 4.13. The van der Waals surface area contributed by atoms with Crippen LogP contribution in [-0.4, -0.2) is 49.1 Å². The third kappa shape index (κ3) is 4.55. The van der Waals surface area contributed by atoms with Gasteiger partial charge in [-0.1, -0.05) is 26.8 Å². The Kier molecular flexibility index (Phi) is 7.03. The second kappa shape index (κ2) is 9.75. The van der Waals surface area contributed by atoms with E-state index in [-0.39, 0.29) is 17.9 Å². The molecule has 1 unspecified atom stereocenters. The van der Waals surface area contributed by atoms with Crippen molar-refractivity contribution in [2.24, 2.45) is 0 Å². The lowest BCUT2D eigenvalue weighted by Crippen LogP contribution is -2.43. The van der Waals surface area contributed by atoms with Crippen LogP contribution in [0.5, 0.6) is 28.7 Å². The lowest BCUT2D eigenvalue weighted by atomic mass is 9.94. The monoisotopic (exact) mass is 511 g/mol. The molecule has 7 nitrogen and oxygen atoms in total. The standard InChI is InChI=1S/C28H37NO6Si/c1-10-21-19(16-35-36(8,9)28(2,3)4)11-18-12-23-24(34-17-33-23)15-22(18)29(21)20-13-25(30-5)27(32-7)26(14-20)31-6/h10-15,21H,1,16-17H2,2-9H3. The van der Waals surface area contributed by atoms with Crippen molar-refractivity contribution >= 4 is 25.8 Å². The first-order chi connectivity index (χ1) is 17.0. The van der Waals surface area contributed by atoms with Crippen molar-refractivity contribution in [2.75, 3.05) is 39.6 Å². The van der Waals surface area contributed by atoms with Crippen LogP contribution < -0.4 is 28.6 Å². The predicted octanol–water partition coefficient (Wildman–Crippen LogP) is 6.55. The molecule has 2 heterocycles. The molecule has 4 rings (SSSR count). The number of nitrogens with zero attached hydrogens (tertiary/aromatic N) is 1. The molecule has 0 saturated carbocycles. The summed E-state index contributed by atoms with van der Waals surface area (Å²) < 4.78 is 34.9. The van der Waals surface area contributed by atoms with Gasteiger partial charge >= 0.3 is 0 Å². The SMILES string of the molecule is C=CC1C(CO[Si](C)(C)C(C)(C)C)=Cc2cc3c(cc2N1c1cc(OC)c(OC)c(OC)c1)OCO3. The Hall–Kier alpha value is -3.10. The van der Waals surface area contributed by atoms with Gasteiger partial charge in [0, 0.05) is 29.4 Å². The Morgan fingerprint density at radius 2 is 1.61 bits per heavy atom. The van der Waals surface area contributed by atoms with Crippen LogP contribution in [0.4, 0.5) is 11.4 Å². The first-order valence-corrected chi connectivity index (χ1v) is 14.9. The highest BCUT2D eigenvalue weighted by molar-refractivity contribution is 6.74. The summed E-state index contributed by atoms with van der Waals surface area (Å²) in [6.45, 7) is 16.2. The molecule has 0 spiro atoms. The van der Waals surface area contributed by atoms with Gasteiger partial charge in [0.15, 0.2) is 31.3 Å². The van der Waals surface area contributed by atoms with E-state index in [0.29, 0.717) is 29.6 Å². The molecule has 2 aliphatic rings. The second-order valence-corrected chi connectivity index (χ2v) is 15.3. The normalized spacial score (nSPS) is 16.8. The number of rotatable bonds is 8. The highest BCUT2D eigenvalue weighted by Gasteiger charge is 2.39. The molecule has 0 amide bonds. The Morgan fingerprint density at radius 1 is 1.00 bits per heavy atom. The molecule has 0 radical (unpaired) electrons. The summed E-state index contributed by atoms with van der Waals surface area (Å²) in [5, 5.41) is 0.103. The third-order valence-electron chi connectivity index (χ3n) is 7.34. The van der Waals surface area contributed by atoms with Crippen LogP contribution in [0.15, 0.2) is 42.5 Å². The van der Waals surface area contributed by atoms with E-state index in [4.69, 9.17) is 28.1 Å².